The van der Waals surface area contributed by atoms with E-state index in [0.717, 1.165) is 19.1 Å². The molecule has 2 fully saturated rings. The maximum absolute atomic E-state index is 5.57. The lowest BCUT2D eigenvalue weighted by atomic mass is 10.1. The number of nitrogens with one attached hydrogen (secondary N) is 1. The first kappa shape index (κ1) is 12.3. The fraction of sp³-hybridized carbons (Fsp3) is 1.00. The van der Waals surface area contributed by atoms with Crippen molar-refractivity contribution in [2.45, 2.75) is 38.6 Å². The zero-order chi connectivity index (χ0) is 11.2. The second kappa shape index (κ2) is 6.58. The molecule has 2 rings (SSSR count). The van der Waals surface area contributed by atoms with E-state index in [1.54, 1.807) is 0 Å². The van der Waals surface area contributed by atoms with Gasteiger partial charge in [0.1, 0.15) is 0 Å². The summed E-state index contributed by atoms with van der Waals surface area (Å²) in [5.41, 5.74) is 0. The Morgan fingerprint density at radius 1 is 1.38 bits per heavy atom. The molecule has 2 unspecified atom stereocenters. The first-order valence-electron chi connectivity index (χ1n) is 6.92. The highest BCUT2D eigenvalue weighted by Crippen LogP contribution is 2.22. The minimum absolute atomic E-state index is 0.713. The Balaban J connectivity index is 1.66. The molecule has 2 heterocycles. The molecule has 0 amide bonds. The summed E-state index contributed by atoms with van der Waals surface area (Å²) in [7, 11) is 0. The third kappa shape index (κ3) is 3.44. The minimum atomic E-state index is 0.713. The summed E-state index contributed by atoms with van der Waals surface area (Å²) >= 11 is 0. The second-order valence-electron chi connectivity index (χ2n) is 5.22. The van der Waals surface area contributed by atoms with Gasteiger partial charge in [-0.25, -0.2) is 0 Å². The fourth-order valence-electron chi connectivity index (χ4n) is 2.86. The highest BCUT2D eigenvalue weighted by atomic mass is 16.5. The van der Waals surface area contributed by atoms with Gasteiger partial charge in [-0.1, -0.05) is 6.92 Å². The van der Waals surface area contributed by atoms with Gasteiger partial charge in [0, 0.05) is 19.2 Å². The van der Waals surface area contributed by atoms with Gasteiger partial charge >= 0.3 is 0 Å². The third-order valence-electron chi connectivity index (χ3n) is 3.83. The summed E-state index contributed by atoms with van der Waals surface area (Å²) in [6, 6.07) is 0.713. The van der Waals surface area contributed by atoms with Crippen LogP contribution in [0, 0.1) is 5.92 Å². The van der Waals surface area contributed by atoms with Gasteiger partial charge in [0.25, 0.3) is 0 Å². The SMILES string of the molecule is CCCNCC1CCN(C2CCCOC2)C1. The van der Waals surface area contributed by atoms with Crippen molar-refractivity contribution < 1.29 is 4.74 Å². The lowest BCUT2D eigenvalue weighted by Gasteiger charge is -2.31. The second-order valence-corrected chi connectivity index (χ2v) is 5.22. The molecular weight excluding hydrogens is 200 g/mol. The van der Waals surface area contributed by atoms with E-state index in [0.29, 0.717) is 6.04 Å². The lowest BCUT2D eigenvalue weighted by molar-refractivity contribution is 0.0255. The number of hydrogen-bond donors (Lipinski definition) is 1. The molecule has 3 heteroatoms. The first-order chi connectivity index (χ1) is 7.90. The van der Waals surface area contributed by atoms with Gasteiger partial charge in [0.15, 0.2) is 0 Å². The first-order valence-corrected chi connectivity index (χ1v) is 6.92. The minimum Gasteiger partial charge on any atom is -0.380 e. The van der Waals surface area contributed by atoms with E-state index >= 15 is 0 Å². The molecule has 3 nitrogen and oxygen atoms in total. The zero-order valence-electron chi connectivity index (χ0n) is 10.6. The normalized spacial score (nSPS) is 32.1. The van der Waals surface area contributed by atoms with Crippen LogP contribution in [0.25, 0.3) is 0 Å². The van der Waals surface area contributed by atoms with Gasteiger partial charge in [-0.2, -0.15) is 0 Å². The van der Waals surface area contributed by atoms with Crippen LogP contribution >= 0.6 is 0 Å². The zero-order valence-corrected chi connectivity index (χ0v) is 10.6. The van der Waals surface area contributed by atoms with Crippen molar-refractivity contribution in [2.24, 2.45) is 5.92 Å². The van der Waals surface area contributed by atoms with E-state index in [1.165, 1.54) is 51.9 Å². The fourth-order valence-corrected chi connectivity index (χ4v) is 2.86. The topological polar surface area (TPSA) is 24.5 Å². The standard InChI is InChI=1S/C13H26N2O/c1-2-6-14-9-12-5-7-15(10-12)13-4-3-8-16-11-13/h12-14H,2-11H2,1H3. The van der Waals surface area contributed by atoms with Crippen LogP contribution in [0.15, 0.2) is 0 Å². The van der Waals surface area contributed by atoms with E-state index in [9.17, 15) is 0 Å². The Morgan fingerprint density at radius 2 is 2.31 bits per heavy atom. The molecular formula is C13H26N2O. The molecule has 94 valence electrons. The lowest BCUT2D eigenvalue weighted by Crippen LogP contribution is -2.40. The average molecular weight is 226 g/mol. The molecule has 0 spiro atoms. The van der Waals surface area contributed by atoms with Crippen molar-refractivity contribution in [3.05, 3.63) is 0 Å². The van der Waals surface area contributed by atoms with Crippen molar-refractivity contribution in [3.8, 4) is 0 Å². The summed E-state index contributed by atoms with van der Waals surface area (Å²) in [6.07, 6.45) is 5.20. The smallest absolute Gasteiger partial charge is 0.0621 e. The molecule has 0 aromatic heterocycles. The van der Waals surface area contributed by atoms with E-state index in [2.05, 4.69) is 17.1 Å². The van der Waals surface area contributed by atoms with Crippen LogP contribution in [0.1, 0.15) is 32.6 Å². The maximum atomic E-state index is 5.57. The maximum Gasteiger partial charge on any atom is 0.0621 e. The van der Waals surface area contributed by atoms with Crippen molar-refractivity contribution in [1.82, 2.24) is 10.2 Å². The molecule has 0 aromatic rings. The molecule has 2 aliphatic heterocycles. The quantitative estimate of drug-likeness (QED) is 0.719. The molecule has 0 radical (unpaired) electrons. The van der Waals surface area contributed by atoms with Crippen LogP contribution in [0.5, 0.6) is 0 Å². The van der Waals surface area contributed by atoms with E-state index in [1.807, 2.05) is 0 Å². The predicted octanol–water partition coefficient (Wildman–Crippen LogP) is 1.49. The largest absolute Gasteiger partial charge is 0.380 e. The molecule has 0 bridgehead atoms. The van der Waals surface area contributed by atoms with Gasteiger partial charge in [0.05, 0.1) is 6.61 Å². The number of likely N-dealkylation sites (tertiary alicyclic amines) is 1. The van der Waals surface area contributed by atoms with Crippen LogP contribution in [-0.2, 0) is 4.74 Å². The number of hydrogen-bond acceptors (Lipinski definition) is 3. The Bertz CT molecular complexity index is 192. The monoisotopic (exact) mass is 226 g/mol. The van der Waals surface area contributed by atoms with Gasteiger partial charge in [-0.05, 0) is 51.2 Å². The molecule has 2 saturated heterocycles. The Kier molecular flexibility index (Phi) is 5.07. The summed E-state index contributed by atoms with van der Waals surface area (Å²) in [6.45, 7) is 9.12. The van der Waals surface area contributed by atoms with Gasteiger partial charge < -0.3 is 10.1 Å². The number of ether oxygens (including phenoxy) is 1. The van der Waals surface area contributed by atoms with Crippen molar-refractivity contribution in [1.29, 1.82) is 0 Å². The van der Waals surface area contributed by atoms with Crippen LogP contribution in [0.2, 0.25) is 0 Å². The van der Waals surface area contributed by atoms with E-state index in [4.69, 9.17) is 4.74 Å². The molecule has 0 aliphatic carbocycles. The van der Waals surface area contributed by atoms with Crippen molar-refractivity contribution in [2.75, 3.05) is 39.4 Å². The Hall–Kier alpha value is -0.120. The number of rotatable bonds is 5. The summed E-state index contributed by atoms with van der Waals surface area (Å²) < 4.78 is 5.57. The summed E-state index contributed by atoms with van der Waals surface area (Å²) in [5, 5.41) is 3.54. The number of nitrogens with zero attached hydrogens (tertiary/aromatic N) is 1. The summed E-state index contributed by atoms with van der Waals surface area (Å²) in [5.74, 6) is 0.869. The molecule has 2 aliphatic rings. The van der Waals surface area contributed by atoms with Gasteiger partial charge in [0.2, 0.25) is 0 Å². The van der Waals surface area contributed by atoms with E-state index in [-0.39, 0.29) is 0 Å². The third-order valence-corrected chi connectivity index (χ3v) is 3.83. The molecule has 2 atom stereocenters. The summed E-state index contributed by atoms with van der Waals surface area (Å²) in [4.78, 5) is 2.65. The molecule has 0 saturated carbocycles. The Labute approximate surface area is 99.5 Å². The van der Waals surface area contributed by atoms with Crippen LogP contribution < -0.4 is 5.32 Å². The molecule has 0 aromatic carbocycles. The van der Waals surface area contributed by atoms with Crippen LogP contribution in [0.3, 0.4) is 0 Å². The molecule has 1 N–H and O–H groups in total. The predicted molar refractivity (Wildman–Crippen MR) is 66.7 cm³/mol. The van der Waals surface area contributed by atoms with Crippen molar-refractivity contribution in [3.63, 3.8) is 0 Å². The van der Waals surface area contributed by atoms with Gasteiger partial charge in [-0.3, -0.25) is 4.90 Å². The van der Waals surface area contributed by atoms with Crippen molar-refractivity contribution >= 4 is 0 Å². The van der Waals surface area contributed by atoms with E-state index < -0.39 is 0 Å². The highest BCUT2D eigenvalue weighted by molar-refractivity contribution is 4.83. The Morgan fingerprint density at radius 3 is 3.06 bits per heavy atom. The van der Waals surface area contributed by atoms with Gasteiger partial charge in [-0.15, -0.1) is 0 Å². The average Bonchev–Trinajstić information content (AvgIpc) is 2.79. The molecule has 16 heavy (non-hydrogen) atoms. The van der Waals surface area contributed by atoms with Crippen LogP contribution in [0.4, 0.5) is 0 Å². The highest BCUT2D eigenvalue weighted by Gasteiger charge is 2.28. The van der Waals surface area contributed by atoms with Crippen LogP contribution in [-0.4, -0.2) is 50.3 Å².